The molecule has 0 radical (unpaired) electrons. The fourth-order valence-corrected chi connectivity index (χ4v) is 2.46. The molecule has 0 atom stereocenters. The zero-order valence-electron chi connectivity index (χ0n) is 11.4. The van der Waals surface area contributed by atoms with Crippen molar-refractivity contribution in [3.05, 3.63) is 34.5 Å². The molecule has 0 aliphatic carbocycles. The number of carbonyl (C=O) groups is 2. The zero-order chi connectivity index (χ0) is 14.5. The second kappa shape index (κ2) is 6.84. The van der Waals surface area contributed by atoms with Crippen LogP contribution in [0.15, 0.2) is 33.2 Å². The number of ketones is 2. The van der Waals surface area contributed by atoms with Gasteiger partial charge in [0.1, 0.15) is 11.4 Å². The van der Waals surface area contributed by atoms with Crippen LogP contribution < -0.4 is 0 Å². The Labute approximate surface area is 126 Å². The van der Waals surface area contributed by atoms with Crippen LogP contribution in [0.2, 0.25) is 0 Å². The summed E-state index contributed by atoms with van der Waals surface area (Å²) in [7, 11) is 0. The maximum atomic E-state index is 12.0. The number of rotatable bonds is 7. The summed E-state index contributed by atoms with van der Waals surface area (Å²) in [6, 6.07) is 7.25. The van der Waals surface area contributed by atoms with Gasteiger partial charge in [-0.2, -0.15) is 0 Å². The molecule has 0 saturated heterocycles. The minimum atomic E-state index is -0.237. The number of hydrogen-bond donors (Lipinski definition) is 0. The number of carbonyl (C=O) groups excluding carboxylic acids is 2. The van der Waals surface area contributed by atoms with Crippen LogP contribution in [0.1, 0.15) is 49.6 Å². The van der Waals surface area contributed by atoms with Gasteiger partial charge in [0.25, 0.3) is 0 Å². The highest BCUT2D eigenvalue weighted by molar-refractivity contribution is 9.10. The van der Waals surface area contributed by atoms with Crippen molar-refractivity contribution in [3.8, 4) is 0 Å². The van der Waals surface area contributed by atoms with Gasteiger partial charge in [0.05, 0.1) is 6.42 Å². The van der Waals surface area contributed by atoms with E-state index >= 15 is 0 Å². The van der Waals surface area contributed by atoms with E-state index in [4.69, 9.17) is 4.42 Å². The molecular weight excluding hydrogens is 320 g/mol. The monoisotopic (exact) mass is 336 g/mol. The lowest BCUT2D eigenvalue weighted by Crippen LogP contribution is -2.07. The molecule has 0 amide bonds. The van der Waals surface area contributed by atoms with E-state index in [1.54, 1.807) is 12.1 Å². The summed E-state index contributed by atoms with van der Waals surface area (Å²) in [5.74, 6) is 0.0193. The Balaban J connectivity index is 2.02. The van der Waals surface area contributed by atoms with Crippen molar-refractivity contribution < 1.29 is 14.0 Å². The standard InChI is InChI=1S/C16H17BrO3/c1-2-3-4-5-13(18)10-14(19)16-9-11-8-12(17)6-7-15(11)20-16/h6-9H,2-5,10H2,1H3. The Morgan fingerprint density at radius 2 is 2.00 bits per heavy atom. The van der Waals surface area contributed by atoms with Gasteiger partial charge in [-0.1, -0.05) is 35.7 Å². The predicted molar refractivity (Wildman–Crippen MR) is 82.0 cm³/mol. The van der Waals surface area contributed by atoms with E-state index < -0.39 is 0 Å². The van der Waals surface area contributed by atoms with Gasteiger partial charge >= 0.3 is 0 Å². The molecule has 2 rings (SSSR count). The molecular formula is C16H17BrO3. The van der Waals surface area contributed by atoms with Gasteiger partial charge in [0.15, 0.2) is 5.76 Å². The van der Waals surface area contributed by atoms with Gasteiger partial charge in [0.2, 0.25) is 5.78 Å². The molecule has 4 heteroatoms. The van der Waals surface area contributed by atoms with Crippen molar-refractivity contribution in [1.29, 1.82) is 0 Å². The zero-order valence-corrected chi connectivity index (χ0v) is 13.0. The maximum absolute atomic E-state index is 12.0. The van der Waals surface area contributed by atoms with Crippen LogP contribution in [0.25, 0.3) is 11.0 Å². The number of hydrogen-bond acceptors (Lipinski definition) is 3. The predicted octanol–water partition coefficient (Wildman–Crippen LogP) is 4.92. The Hall–Kier alpha value is -1.42. The molecule has 0 aliphatic heterocycles. The summed E-state index contributed by atoms with van der Waals surface area (Å²) < 4.78 is 6.42. The van der Waals surface area contributed by atoms with Gasteiger partial charge in [-0.3, -0.25) is 9.59 Å². The summed E-state index contributed by atoms with van der Waals surface area (Å²) in [5.41, 5.74) is 0.662. The second-order valence-electron chi connectivity index (χ2n) is 4.89. The van der Waals surface area contributed by atoms with Gasteiger partial charge < -0.3 is 4.42 Å². The minimum Gasteiger partial charge on any atom is -0.453 e. The number of halogens is 1. The summed E-state index contributed by atoms with van der Waals surface area (Å²) in [5, 5.41) is 0.862. The highest BCUT2D eigenvalue weighted by atomic mass is 79.9. The molecule has 0 spiro atoms. The highest BCUT2D eigenvalue weighted by Crippen LogP contribution is 2.24. The summed E-state index contributed by atoms with van der Waals surface area (Å²) >= 11 is 3.37. The first-order chi connectivity index (χ1) is 9.60. The van der Waals surface area contributed by atoms with Crippen LogP contribution in [-0.4, -0.2) is 11.6 Å². The molecule has 0 unspecified atom stereocenters. The van der Waals surface area contributed by atoms with E-state index in [1.165, 1.54) is 0 Å². The first-order valence-electron chi connectivity index (χ1n) is 6.84. The molecule has 20 heavy (non-hydrogen) atoms. The third-order valence-corrected chi connectivity index (χ3v) is 3.66. The molecule has 3 nitrogen and oxygen atoms in total. The summed E-state index contributed by atoms with van der Waals surface area (Å²) in [6.45, 7) is 2.09. The van der Waals surface area contributed by atoms with Crippen LogP contribution in [-0.2, 0) is 4.79 Å². The van der Waals surface area contributed by atoms with Crippen molar-refractivity contribution in [1.82, 2.24) is 0 Å². The molecule has 0 saturated carbocycles. The molecule has 1 aromatic carbocycles. The molecule has 1 aromatic heterocycles. The van der Waals surface area contributed by atoms with Crippen molar-refractivity contribution in [2.45, 2.75) is 39.0 Å². The van der Waals surface area contributed by atoms with Crippen molar-refractivity contribution >= 4 is 38.5 Å². The maximum Gasteiger partial charge on any atom is 0.205 e. The molecule has 2 aromatic rings. The van der Waals surface area contributed by atoms with Crippen LogP contribution in [0.5, 0.6) is 0 Å². The van der Waals surface area contributed by atoms with Crippen molar-refractivity contribution in [3.63, 3.8) is 0 Å². The number of fused-ring (bicyclic) bond motifs is 1. The van der Waals surface area contributed by atoms with E-state index in [1.807, 2.05) is 12.1 Å². The van der Waals surface area contributed by atoms with E-state index in [9.17, 15) is 9.59 Å². The van der Waals surface area contributed by atoms with E-state index in [-0.39, 0.29) is 23.7 Å². The van der Waals surface area contributed by atoms with Gasteiger partial charge in [-0.15, -0.1) is 0 Å². The van der Waals surface area contributed by atoms with Crippen molar-refractivity contribution in [2.24, 2.45) is 0 Å². The molecule has 0 N–H and O–H groups in total. The summed E-state index contributed by atoms with van der Waals surface area (Å²) in [6.07, 6.45) is 3.37. The van der Waals surface area contributed by atoms with Crippen LogP contribution in [0.4, 0.5) is 0 Å². The third kappa shape index (κ3) is 3.79. The molecule has 0 fully saturated rings. The Morgan fingerprint density at radius 1 is 1.20 bits per heavy atom. The number of Topliss-reactive ketones (excluding diaryl/α,β-unsaturated/α-hetero) is 2. The Kier molecular flexibility index (Phi) is 5.12. The molecule has 0 aliphatic rings. The van der Waals surface area contributed by atoms with E-state index in [2.05, 4.69) is 22.9 Å². The Morgan fingerprint density at radius 3 is 2.75 bits per heavy atom. The Bertz CT molecular complexity index is 628. The largest absolute Gasteiger partial charge is 0.453 e. The average Bonchev–Trinajstić information content (AvgIpc) is 2.82. The molecule has 106 valence electrons. The fraction of sp³-hybridized carbons (Fsp3) is 0.375. The summed E-state index contributed by atoms with van der Waals surface area (Å²) in [4.78, 5) is 23.7. The van der Waals surface area contributed by atoms with Crippen molar-refractivity contribution in [2.75, 3.05) is 0 Å². The fourth-order valence-electron chi connectivity index (χ4n) is 2.08. The van der Waals surface area contributed by atoms with E-state index in [0.717, 1.165) is 29.1 Å². The van der Waals surface area contributed by atoms with Crippen LogP contribution >= 0.6 is 15.9 Å². The van der Waals surface area contributed by atoms with Gasteiger partial charge in [-0.05, 0) is 30.7 Å². The topological polar surface area (TPSA) is 47.3 Å². The number of furan rings is 1. The number of benzene rings is 1. The van der Waals surface area contributed by atoms with Crippen LogP contribution in [0.3, 0.4) is 0 Å². The smallest absolute Gasteiger partial charge is 0.205 e. The molecule has 0 bridgehead atoms. The third-order valence-electron chi connectivity index (χ3n) is 3.17. The second-order valence-corrected chi connectivity index (χ2v) is 5.80. The lowest BCUT2D eigenvalue weighted by atomic mass is 10.1. The van der Waals surface area contributed by atoms with Crippen LogP contribution in [0, 0.1) is 0 Å². The minimum absolute atomic E-state index is 0.00918. The van der Waals surface area contributed by atoms with Gasteiger partial charge in [-0.25, -0.2) is 0 Å². The average molecular weight is 337 g/mol. The SMILES string of the molecule is CCCCCC(=O)CC(=O)c1cc2cc(Br)ccc2o1. The lowest BCUT2D eigenvalue weighted by molar-refractivity contribution is -0.118. The molecule has 1 heterocycles. The van der Waals surface area contributed by atoms with E-state index in [0.29, 0.717) is 12.0 Å². The van der Waals surface area contributed by atoms with Gasteiger partial charge in [0, 0.05) is 16.3 Å². The normalized spacial score (nSPS) is 10.9. The highest BCUT2D eigenvalue weighted by Gasteiger charge is 2.16. The lowest BCUT2D eigenvalue weighted by Gasteiger charge is -1.98. The number of unbranched alkanes of at least 4 members (excludes halogenated alkanes) is 2. The first kappa shape index (κ1) is 15.0. The first-order valence-corrected chi connectivity index (χ1v) is 7.63. The quantitative estimate of drug-likeness (QED) is 0.409.